The molecule has 0 saturated carbocycles. The van der Waals surface area contributed by atoms with Crippen LogP contribution in [0.1, 0.15) is 30.9 Å². The number of imide groups is 1. The average molecular weight is 611 g/mol. The second-order valence-electron chi connectivity index (χ2n) is 11.3. The molecule has 0 spiro atoms. The normalized spacial score (nSPS) is 14.9. The van der Waals surface area contributed by atoms with Crippen LogP contribution >= 0.6 is 0 Å². The van der Waals surface area contributed by atoms with Crippen LogP contribution in [0, 0.1) is 0 Å². The molecule has 2 atom stereocenters. The van der Waals surface area contributed by atoms with Gasteiger partial charge in [0.2, 0.25) is 5.91 Å². The summed E-state index contributed by atoms with van der Waals surface area (Å²) in [6.45, 7) is 4.14. The number of piperazine rings is 1. The molecule has 1 saturated heterocycles. The minimum Gasteiger partial charge on any atom is -0.492 e. The summed E-state index contributed by atoms with van der Waals surface area (Å²) < 4.78 is 5.81. The number of nitrogens with zero attached hydrogens (tertiary/aromatic N) is 3. The van der Waals surface area contributed by atoms with E-state index in [2.05, 4.69) is 15.6 Å². The molecule has 5 amide bonds. The van der Waals surface area contributed by atoms with Crippen LogP contribution in [0.5, 0.6) is 5.75 Å². The molecule has 1 aromatic heterocycles. The van der Waals surface area contributed by atoms with Gasteiger partial charge in [0.15, 0.2) is 0 Å². The van der Waals surface area contributed by atoms with Gasteiger partial charge in [0.1, 0.15) is 24.9 Å². The molecule has 0 aliphatic carbocycles. The van der Waals surface area contributed by atoms with Crippen LogP contribution in [0.4, 0.5) is 16.2 Å². The first-order valence-corrected chi connectivity index (χ1v) is 14.9. The Labute approximate surface area is 262 Å². The van der Waals surface area contributed by atoms with Crippen LogP contribution in [-0.2, 0) is 20.9 Å². The Bertz CT molecular complexity index is 1680. The van der Waals surface area contributed by atoms with Crippen molar-refractivity contribution in [1.29, 1.82) is 0 Å². The van der Waals surface area contributed by atoms with E-state index in [4.69, 9.17) is 4.74 Å². The van der Waals surface area contributed by atoms with Crippen molar-refractivity contribution in [2.45, 2.75) is 32.4 Å². The van der Waals surface area contributed by atoms with E-state index in [1.807, 2.05) is 81.5 Å². The first-order valence-electron chi connectivity index (χ1n) is 14.9. The lowest BCUT2D eigenvalue weighted by molar-refractivity contribution is -0.130. The van der Waals surface area contributed by atoms with E-state index < -0.39 is 35.7 Å². The Morgan fingerprint density at radius 1 is 0.978 bits per heavy atom. The first kappa shape index (κ1) is 31.3. The molecule has 1 aliphatic rings. The zero-order chi connectivity index (χ0) is 32.1. The number of nitrogens with one attached hydrogen (secondary N) is 3. The lowest BCUT2D eigenvalue weighted by Gasteiger charge is -2.34. The number of carbonyl (C=O) groups excluding carboxylic acids is 4. The molecule has 0 unspecified atom stereocenters. The number of carbonyl (C=O) groups is 4. The van der Waals surface area contributed by atoms with Gasteiger partial charge in [0.25, 0.3) is 11.8 Å². The van der Waals surface area contributed by atoms with Crippen molar-refractivity contribution in [2.75, 3.05) is 44.0 Å². The number of rotatable bonds is 10. The van der Waals surface area contributed by atoms with Gasteiger partial charge in [-0.3, -0.25) is 14.4 Å². The number of anilines is 2. The fraction of sp³-hybridized carbons (Fsp3) is 0.294. The number of benzene rings is 3. The molecule has 1 aliphatic heterocycles. The van der Waals surface area contributed by atoms with Crippen molar-refractivity contribution < 1.29 is 23.9 Å². The fourth-order valence-corrected chi connectivity index (χ4v) is 5.59. The highest BCUT2D eigenvalue weighted by molar-refractivity contribution is 6.19. The molecule has 3 aromatic carbocycles. The summed E-state index contributed by atoms with van der Waals surface area (Å²) in [7, 11) is 3.91. The maximum atomic E-state index is 14.1. The number of urea groups is 1. The van der Waals surface area contributed by atoms with Gasteiger partial charge in [-0.25, -0.2) is 9.69 Å². The molecule has 4 aromatic rings. The number of fused-ring (bicyclic) bond motifs is 1. The van der Waals surface area contributed by atoms with Crippen molar-refractivity contribution >= 4 is 46.0 Å². The summed E-state index contributed by atoms with van der Waals surface area (Å²) in [5.41, 5.74) is 3.62. The molecule has 2 heterocycles. The van der Waals surface area contributed by atoms with Gasteiger partial charge in [0, 0.05) is 29.6 Å². The van der Waals surface area contributed by atoms with Gasteiger partial charge in [-0.15, -0.1) is 0 Å². The first-order chi connectivity index (χ1) is 21.7. The Hall–Kier alpha value is -5.16. The van der Waals surface area contributed by atoms with Crippen molar-refractivity contribution in [1.82, 2.24) is 20.1 Å². The second kappa shape index (κ2) is 13.6. The SMILES string of the molecule is CCOc1ccc(CN(C)C)cc1NC(=O)[C@H](NC(=O)N1CC(=O)N(c2ccccc2)C(=O)C1)[C@@H](C)c1c[nH]c2ccccc12. The molecular weight excluding hydrogens is 572 g/mol. The van der Waals surface area contributed by atoms with Gasteiger partial charge in [0.05, 0.1) is 18.0 Å². The second-order valence-corrected chi connectivity index (χ2v) is 11.3. The number of amides is 5. The Morgan fingerprint density at radius 2 is 1.67 bits per heavy atom. The summed E-state index contributed by atoms with van der Waals surface area (Å²) in [6.07, 6.45) is 1.83. The van der Waals surface area contributed by atoms with Gasteiger partial charge in [-0.2, -0.15) is 0 Å². The van der Waals surface area contributed by atoms with Crippen LogP contribution in [0.25, 0.3) is 10.9 Å². The average Bonchev–Trinajstić information content (AvgIpc) is 3.45. The molecular formula is C34H38N6O5. The molecule has 234 valence electrons. The summed E-state index contributed by atoms with van der Waals surface area (Å²) in [6, 6.07) is 20.2. The Kier molecular flexibility index (Phi) is 9.48. The third-order valence-corrected chi connectivity index (χ3v) is 7.73. The van der Waals surface area contributed by atoms with Gasteiger partial charge in [-0.1, -0.05) is 49.4 Å². The smallest absolute Gasteiger partial charge is 0.319 e. The van der Waals surface area contributed by atoms with E-state index >= 15 is 0 Å². The summed E-state index contributed by atoms with van der Waals surface area (Å²) in [4.78, 5) is 61.3. The molecule has 11 heteroatoms. The van der Waals surface area contributed by atoms with E-state index in [-0.39, 0.29) is 13.1 Å². The number of para-hydroxylation sites is 2. The number of ether oxygens (including phenoxy) is 1. The van der Waals surface area contributed by atoms with Crippen LogP contribution < -0.4 is 20.3 Å². The molecule has 3 N–H and O–H groups in total. The topological polar surface area (TPSA) is 127 Å². The number of aromatic amines is 1. The van der Waals surface area contributed by atoms with Crippen LogP contribution in [-0.4, -0.2) is 78.4 Å². The van der Waals surface area contributed by atoms with E-state index in [0.717, 1.165) is 31.8 Å². The third-order valence-electron chi connectivity index (χ3n) is 7.73. The largest absolute Gasteiger partial charge is 0.492 e. The van der Waals surface area contributed by atoms with Crippen LogP contribution in [0.3, 0.4) is 0 Å². The summed E-state index contributed by atoms with van der Waals surface area (Å²) in [5, 5.41) is 6.75. The van der Waals surface area contributed by atoms with Crippen molar-refractivity contribution in [3.63, 3.8) is 0 Å². The van der Waals surface area contributed by atoms with E-state index in [1.165, 1.54) is 0 Å². The predicted octanol–water partition coefficient (Wildman–Crippen LogP) is 4.32. The Balaban J connectivity index is 1.42. The lowest BCUT2D eigenvalue weighted by atomic mass is 9.92. The molecule has 0 bridgehead atoms. The summed E-state index contributed by atoms with van der Waals surface area (Å²) in [5.74, 6) is -1.52. The van der Waals surface area contributed by atoms with E-state index in [1.54, 1.807) is 30.3 Å². The van der Waals surface area contributed by atoms with Crippen molar-refractivity contribution in [3.8, 4) is 5.75 Å². The zero-order valence-electron chi connectivity index (χ0n) is 25.9. The molecule has 1 fully saturated rings. The number of hydrogen-bond donors (Lipinski definition) is 3. The van der Waals surface area contributed by atoms with Crippen LogP contribution in [0.2, 0.25) is 0 Å². The van der Waals surface area contributed by atoms with Crippen molar-refractivity contribution in [3.05, 3.63) is 90.1 Å². The lowest BCUT2D eigenvalue weighted by Crippen LogP contribution is -2.60. The Morgan fingerprint density at radius 3 is 2.36 bits per heavy atom. The highest BCUT2D eigenvalue weighted by Gasteiger charge is 2.37. The van der Waals surface area contributed by atoms with E-state index in [0.29, 0.717) is 30.3 Å². The molecule has 45 heavy (non-hydrogen) atoms. The maximum absolute atomic E-state index is 14.1. The van der Waals surface area contributed by atoms with Crippen molar-refractivity contribution in [2.24, 2.45) is 0 Å². The molecule has 0 radical (unpaired) electrons. The third kappa shape index (κ3) is 6.99. The maximum Gasteiger partial charge on any atom is 0.319 e. The summed E-state index contributed by atoms with van der Waals surface area (Å²) >= 11 is 0. The molecule has 5 rings (SSSR count). The van der Waals surface area contributed by atoms with Gasteiger partial charge in [-0.05, 0) is 62.5 Å². The number of H-pyrrole nitrogens is 1. The highest BCUT2D eigenvalue weighted by atomic mass is 16.5. The minimum absolute atomic E-state index is 0.316. The number of aromatic nitrogens is 1. The number of hydrogen-bond acceptors (Lipinski definition) is 6. The fourth-order valence-electron chi connectivity index (χ4n) is 5.59. The standard InChI is InChI=1S/C34H38N6O5/c1-5-45-29-16-15-23(19-38(3)4)17-28(29)36-33(43)32(22(2)26-18-35-27-14-10-9-13-25(26)27)37-34(44)39-20-30(41)40(31(42)21-39)24-11-7-6-8-12-24/h6-18,22,32,35H,5,19-21H2,1-4H3,(H,36,43)(H,37,44)/t22-,32+/m0/s1. The van der Waals surface area contributed by atoms with Gasteiger partial charge >= 0.3 is 6.03 Å². The zero-order valence-corrected chi connectivity index (χ0v) is 25.9. The monoisotopic (exact) mass is 610 g/mol. The quantitative estimate of drug-likeness (QED) is 0.230. The van der Waals surface area contributed by atoms with Crippen LogP contribution in [0.15, 0.2) is 79.0 Å². The highest BCUT2D eigenvalue weighted by Crippen LogP contribution is 2.31. The van der Waals surface area contributed by atoms with Gasteiger partial charge < -0.3 is 30.2 Å². The minimum atomic E-state index is -1.07. The predicted molar refractivity (Wildman–Crippen MR) is 173 cm³/mol. The van der Waals surface area contributed by atoms with E-state index in [9.17, 15) is 19.2 Å². The molecule has 11 nitrogen and oxygen atoms in total.